The normalized spacial score (nSPS) is 12.1. The quantitative estimate of drug-likeness (QED) is 0.488. The molecule has 1 aromatic rings. The summed E-state index contributed by atoms with van der Waals surface area (Å²) in [7, 11) is 0. The highest BCUT2D eigenvalue weighted by Gasteiger charge is 2.27. The van der Waals surface area contributed by atoms with E-state index in [1.807, 2.05) is 0 Å². The summed E-state index contributed by atoms with van der Waals surface area (Å²) in [4.78, 5) is 23.2. The Morgan fingerprint density at radius 1 is 0.947 bits per heavy atom. The molecule has 0 fully saturated rings. The number of ketones is 1. The van der Waals surface area contributed by atoms with Gasteiger partial charge in [0.15, 0.2) is 11.4 Å². The summed E-state index contributed by atoms with van der Waals surface area (Å²) in [6, 6.07) is 5.77. The van der Waals surface area contributed by atoms with Crippen LogP contribution in [-0.4, -0.2) is 33.2 Å². The van der Waals surface area contributed by atoms with Gasteiger partial charge in [-0.3, -0.25) is 4.79 Å². The topological polar surface area (TPSA) is 83.8 Å². The van der Waals surface area contributed by atoms with Crippen LogP contribution in [0.25, 0.3) is 0 Å². The maximum Gasteiger partial charge on any atom is 0.342 e. The molecule has 0 bridgehead atoms. The molecule has 104 valence electrons. The van der Waals surface area contributed by atoms with E-state index >= 15 is 0 Å². The summed E-state index contributed by atoms with van der Waals surface area (Å²) in [6.45, 7) is 5.44. The van der Waals surface area contributed by atoms with Crippen molar-refractivity contribution in [3.05, 3.63) is 29.8 Å². The second-order valence-corrected chi connectivity index (χ2v) is 5.36. The lowest BCUT2D eigenvalue weighted by molar-refractivity contribution is -0.151. The zero-order valence-electron chi connectivity index (χ0n) is 11.4. The fourth-order valence-electron chi connectivity index (χ4n) is 1.26. The second-order valence-electron chi connectivity index (χ2n) is 5.36. The molecule has 1 aromatic carbocycles. The zero-order valence-corrected chi connectivity index (χ0v) is 11.4. The van der Waals surface area contributed by atoms with Crippen molar-refractivity contribution < 1.29 is 24.5 Å². The first-order valence-electron chi connectivity index (χ1n) is 5.84. The molecule has 0 aliphatic heterocycles. The molecule has 0 saturated heterocycles. The van der Waals surface area contributed by atoms with Gasteiger partial charge in [-0.05, 0) is 52.0 Å². The van der Waals surface area contributed by atoms with Gasteiger partial charge < -0.3 is 14.9 Å². The Hall–Kier alpha value is -1.72. The molecule has 0 radical (unpaired) electrons. The van der Waals surface area contributed by atoms with Crippen molar-refractivity contribution in [3.8, 4) is 5.75 Å². The molecular weight excluding hydrogens is 248 g/mol. The van der Waals surface area contributed by atoms with E-state index in [4.69, 9.17) is 4.74 Å². The first-order valence-corrected chi connectivity index (χ1v) is 5.84. The summed E-state index contributed by atoms with van der Waals surface area (Å²) in [6.07, 6.45) is 0. The van der Waals surface area contributed by atoms with Crippen LogP contribution in [0.1, 0.15) is 38.1 Å². The molecule has 0 saturated carbocycles. The van der Waals surface area contributed by atoms with Gasteiger partial charge in [0.1, 0.15) is 11.4 Å². The molecule has 1 rings (SSSR count). The van der Waals surface area contributed by atoms with Crippen molar-refractivity contribution in [1.82, 2.24) is 0 Å². The van der Waals surface area contributed by atoms with Crippen LogP contribution >= 0.6 is 0 Å². The van der Waals surface area contributed by atoms with Gasteiger partial charge in [0.05, 0.1) is 0 Å². The van der Waals surface area contributed by atoms with Gasteiger partial charge in [0, 0.05) is 5.56 Å². The largest absolute Gasteiger partial charge is 0.424 e. The fourth-order valence-corrected chi connectivity index (χ4v) is 1.26. The first-order chi connectivity index (χ1) is 8.51. The average Bonchev–Trinajstić information content (AvgIpc) is 2.26. The number of carbonyl (C=O) groups excluding carboxylic acids is 2. The number of benzene rings is 1. The Kier molecular flexibility index (Phi) is 4.12. The lowest BCUT2D eigenvalue weighted by Gasteiger charge is -2.17. The summed E-state index contributed by atoms with van der Waals surface area (Å²) >= 11 is 0. The Morgan fingerprint density at radius 3 is 1.79 bits per heavy atom. The van der Waals surface area contributed by atoms with Crippen LogP contribution in [0.2, 0.25) is 0 Å². The Balaban J connectivity index is 2.84. The molecule has 19 heavy (non-hydrogen) atoms. The molecule has 0 aliphatic carbocycles. The number of carbonyl (C=O) groups is 2. The first kappa shape index (κ1) is 15.3. The highest BCUT2D eigenvalue weighted by molar-refractivity contribution is 6.01. The molecule has 0 aromatic heterocycles. The van der Waals surface area contributed by atoms with E-state index in [0.717, 1.165) is 0 Å². The predicted molar refractivity (Wildman–Crippen MR) is 69.0 cm³/mol. The number of aliphatic hydroxyl groups is 2. The van der Waals surface area contributed by atoms with Crippen LogP contribution in [0.3, 0.4) is 0 Å². The number of rotatable bonds is 4. The minimum absolute atomic E-state index is 0.222. The van der Waals surface area contributed by atoms with Crippen molar-refractivity contribution in [2.45, 2.75) is 38.9 Å². The molecule has 5 nitrogen and oxygen atoms in total. The van der Waals surface area contributed by atoms with Gasteiger partial charge in [-0.2, -0.15) is 0 Å². The molecule has 5 heteroatoms. The monoisotopic (exact) mass is 266 g/mol. The summed E-state index contributed by atoms with van der Waals surface area (Å²) in [5.41, 5.74) is -2.72. The molecule has 0 atom stereocenters. The molecule has 0 spiro atoms. The number of hydrogen-bond donors (Lipinski definition) is 2. The number of esters is 1. The minimum atomic E-state index is -1.58. The summed E-state index contributed by atoms with van der Waals surface area (Å²) in [5, 5.41) is 19.0. The third-order valence-corrected chi connectivity index (χ3v) is 2.38. The van der Waals surface area contributed by atoms with E-state index in [1.165, 1.54) is 52.0 Å². The maximum absolute atomic E-state index is 11.8. The van der Waals surface area contributed by atoms with Crippen LogP contribution in [-0.2, 0) is 4.79 Å². The Labute approximate surface area is 111 Å². The zero-order chi connectivity index (χ0) is 14.8. The SMILES string of the molecule is CC(C)(O)C(=O)Oc1ccc(C(=O)C(C)(C)O)cc1. The highest BCUT2D eigenvalue weighted by Crippen LogP contribution is 2.18. The van der Waals surface area contributed by atoms with Crippen LogP contribution in [0.5, 0.6) is 5.75 Å². The lowest BCUT2D eigenvalue weighted by Crippen LogP contribution is -2.35. The number of Topliss-reactive ketones (excluding diaryl/α,β-unsaturated/α-hetero) is 1. The standard InChI is InChI=1S/C14H18O5/c1-13(2,17)11(15)9-5-7-10(8-6-9)19-12(16)14(3,4)18/h5-8,17-18H,1-4H3. The van der Waals surface area contributed by atoms with E-state index in [2.05, 4.69) is 0 Å². The van der Waals surface area contributed by atoms with Gasteiger partial charge in [-0.15, -0.1) is 0 Å². The molecule has 0 heterocycles. The van der Waals surface area contributed by atoms with Gasteiger partial charge >= 0.3 is 5.97 Å². The fraction of sp³-hybridized carbons (Fsp3) is 0.429. The van der Waals surface area contributed by atoms with Gasteiger partial charge in [0.25, 0.3) is 0 Å². The molecule has 0 unspecified atom stereocenters. The predicted octanol–water partition coefficient (Wildman–Crippen LogP) is 1.32. The minimum Gasteiger partial charge on any atom is -0.424 e. The summed E-state index contributed by atoms with van der Waals surface area (Å²) in [5.74, 6) is -0.985. The average molecular weight is 266 g/mol. The Morgan fingerprint density at radius 2 is 1.42 bits per heavy atom. The molecule has 2 N–H and O–H groups in total. The Bertz CT molecular complexity index is 474. The van der Waals surface area contributed by atoms with Crippen LogP contribution in [0.15, 0.2) is 24.3 Å². The van der Waals surface area contributed by atoms with Crippen molar-refractivity contribution in [3.63, 3.8) is 0 Å². The van der Waals surface area contributed by atoms with Gasteiger partial charge in [0.2, 0.25) is 0 Å². The number of ether oxygens (including phenoxy) is 1. The molecular formula is C14H18O5. The van der Waals surface area contributed by atoms with Crippen molar-refractivity contribution >= 4 is 11.8 Å². The second kappa shape index (κ2) is 5.11. The molecule has 0 aliphatic rings. The lowest BCUT2D eigenvalue weighted by atomic mass is 9.97. The number of hydrogen-bond acceptors (Lipinski definition) is 5. The van der Waals surface area contributed by atoms with E-state index in [-0.39, 0.29) is 5.75 Å². The third kappa shape index (κ3) is 4.15. The van der Waals surface area contributed by atoms with Gasteiger partial charge in [-0.1, -0.05) is 0 Å². The highest BCUT2D eigenvalue weighted by atomic mass is 16.6. The van der Waals surface area contributed by atoms with E-state index in [1.54, 1.807) is 0 Å². The van der Waals surface area contributed by atoms with Gasteiger partial charge in [-0.25, -0.2) is 4.79 Å². The van der Waals surface area contributed by atoms with Crippen molar-refractivity contribution in [2.75, 3.05) is 0 Å². The van der Waals surface area contributed by atoms with E-state index < -0.39 is 23.0 Å². The smallest absolute Gasteiger partial charge is 0.342 e. The van der Waals surface area contributed by atoms with Crippen LogP contribution in [0, 0.1) is 0 Å². The van der Waals surface area contributed by atoms with Crippen molar-refractivity contribution in [2.24, 2.45) is 0 Å². The van der Waals surface area contributed by atoms with Crippen LogP contribution < -0.4 is 4.74 Å². The van der Waals surface area contributed by atoms with E-state index in [9.17, 15) is 19.8 Å². The van der Waals surface area contributed by atoms with E-state index in [0.29, 0.717) is 5.56 Å². The molecule has 0 amide bonds. The van der Waals surface area contributed by atoms with Crippen molar-refractivity contribution in [1.29, 1.82) is 0 Å². The van der Waals surface area contributed by atoms with Crippen LogP contribution in [0.4, 0.5) is 0 Å². The maximum atomic E-state index is 11.8. The third-order valence-electron chi connectivity index (χ3n) is 2.38. The summed E-state index contributed by atoms with van der Waals surface area (Å²) < 4.78 is 4.94.